The second-order valence-corrected chi connectivity index (χ2v) is 5.59. The first-order valence-electron chi connectivity index (χ1n) is 6.24. The van der Waals surface area contributed by atoms with E-state index in [1.807, 2.05) is 6.26 Å². The molecule has 0 aliphatic rings. The normalized spacial score (nSPS) is 10.3. The zero-order valence-electron chi connectivity index (χ0n) is 11.6. The molecule has 106 valence electrons. The number of aromatic nitrogens is 1. The molecule has 0 aliphatic carbocycles. The summed E-state index contributed by atoms with van der Waals surface area (Å²) in [6.45, 7) is 3.60. The van der Waals surface area contributed by atoms with Gasteiger partial charge in [0.15, 0.2) is 0 Å². The molecule has 4 nitrogen and oxygen atoms in total. The number of halogens is 1. The van der Waals surface area contributed by atoms with Crippen LogP contribution in [0.3, 0.4) is 0 Å². The molecule has 0 fully saturated rings. The summed E-state index contributed by atoms with van der Waals surface area (Å²) in [5.41, 5.74) is 0.499. The molecule has 0 bridgehead atoms. The molecule has 1 N–H and O–H groups in total. The number of amides is 1. The Hall–Kier alpha value is -0.940. The highest BCUT2D eigenvalue weighted by Crippen LogP contribution is 2.19. The van der Waals surface area contributed by atoms with Gasteiger partial charge < -0.3 is 10.2 Å². The van der Waals surface area contributed by atoms with Crippen molar-refractivity contribution < 1.29 is 4.79 Å². The standard InChI is InChI=1S/C13H20ClN3OS/c1-4-5-15-12-8-10(11(14)9-16-12)13(18)17(2)6-7-19-3/h8-9H,4-7H2,1-3H3,(H,15,16). The van der Waals surface area contributed by atoms with Gasteiger partial charge in [0.25, 0.3) is 5.91 Å². The number of thioether (sulfide) groups is 1. The Morgan fingerprint density at radius 2 is 2.32 bits per heavy atom. The highest BCUT2D eigenvalue weighted by Gasteiger charge is 2.16. The molecule has 1 heterocycles. The van der Waals surface area contributed by atoms with Gasteiger partial charge in [-0.05, 0) is 18.7 Å². The lowest BCUT2D eigenvalue weighted by atomic mass is 10.2. The van der Waals surface area contributed by atoms with Gasteiger partial charge in [-0.3, -0.25) is 4.79 Å². The summed E-state index contributed by atoms with van der Waals surface area (Å²) in [6.07, 6.45) is 4.54. The van der Waals surface area contributed by atoms with Crippen molar-refractivity contribution in [3.05, 3.63) is 22.8 Å². The molecule has 0 saturated carbocycles. The summed E-state index contributed by atoms with van der Waals surface area (Å²) in [5.74, 6) is 1.53. The van der Waals surface area contributed by atoms with E-state index in [-0.39, 0.29) is 5.91 Å². The van der Waals surface area contributed by atoms with E-state index in [9.17, 15) is 4.79 Å². The van der Waals surface area contributed by atoms with Crippen molar-refractivity contribution >= 4 is 35.1 Å². The average Bonchev–Trinajstić information content (AvgIpc) is 2.43. The minimum atomic E-state index is -0.0685. The maximum Gasteiger partial charge on any atom is 0.255 e. The Morgan fingerprint density at radius 3 is 2.95 bits per heavy atom. The van der Waals surface area contributed by atoms with Crippen LogP contribution in [-0.4, -0.2) is 47.9 Å². The van der Waals surface area contributed by atoms with E-state index >= 15 is 0 Å². The van der Waals surface area contributed by atoms with Crippen molar-refractivity contribution in [3.63, 3.8) is 0 Å². The molecule has 0 radical (unpaired) electrons. The topological polar surface area (TPSA) is 45.2 Å². The molecule has 0 atom stereocenters. The fourth-order valence-electron chi connectivity index (χ4n) is 1.49. The van der Waals surface area contributed by atoms with Crippen LogP contribution in [0.15, 0.2) is 12.3 Å². The van der Waals surface area contributed by atoms with Crippen molar-refractivity contribution in [2.24, 2.45) is 0 Å². The van der Waals surface area contributed by atoms with Gasteiger partial charge in [0.1, 0.15) is 5.82 Å². The van der Waals surface area contributed by atoms with E-state index < -0.39 is 0 Å². The molecule has 0 spiro atoms. The van der Waals surface area contributed by atoms with E-state index in [0.717, 1.165) is 18.7 Å². The van der Waals surface area contributed by atoms with Gasteiger partial charge in [-0.2, -0.15) is 11.8 Å². The predicted molar refractivity (Wildman–Crippen MR) is 83.4 cm³/mol. The molecule has 19 heavy (non-hydrogen) atoms. The highest BCUT2D eigenvalue weighted by molar-refractivity contribution is 7.98. The first-order valence-corrected chi connectivity index (χ1v) is 8.01. The quantitative estimate of drug-likeness (QED) is 0.841. The SMILES string of the molecule is CCCNc1cc(C(=O)N(C)CCSC)c(Cl)cn1. The van der Waals surface area contributed by atoms with Gasteiger partial charge in [0, 0.05) is 32.1 Å². The number of rotatable bonds is 7. The summed E-state index contributed by atoms with van der Waals surface area (Å²) in [7, 11) is 1.79. The molecule has 1 aromatic heterocycles. The van der Waals surface area contributed by atoms with Gasteiger partial charge in [-0.25, -0.2) is 4.98 Å². The third-order valence-corrected chi connectivity index (χ3v) is 3.51. The van der Waals surface area contributed by atoms with E-state index in [4.69, 9.17) is 11.6 Å². The summed E-state index contributed by atoms with van der Waals surface area (Å²) in [6, 6.07) is 1.72. The minimum absolute atomic E-state index is 0.0685. The summed E-state index contributed by atoms with van der Waals surface area (Å²) < 4.78 is 0. The lowest BCUT2D eigenvalue weighted by molar-refractivity contribution is 0.0804. The fraction of sp³-hybridized carbons (Fsp3) is 0.538. The zero-order valence-corrected chi connectivity index (χ0v) is 13.1. The average molecular weight is 302 g/mol. The zero-order chi connectivity index (χ0) is 14.3. The van der Waals surface area contributed by atoms with Crippen LogP contribution in [0.25, 0.3) is 0 Å². The molecule has 6 heteroatoms. The van der Waals surface area contributed by atoms with Crippen molar-refractivity contribution in [2.45, 2.75) is 13.3 Å². The number of pyridine rings is 1. The van der Waals surface area contributed by atoms with E-state index in [1.165, 1.54) is 6.20 Å². The monoisotopic (exact) mass is 301 g/mol. The number of anilines is 1. The van der Waals surface area contributed by atoms with Gasteiger partial charge in [0.2, 0.25) is 0 Å². The van der Waals surface area contributed by atoms with Gasteiger partial charge in [0.05, 0.1) is 10.6 Å². The number of nitrogens with one attached hydrogen (secondary N) is 1. The lowest BCUT2D eigenvalue weighted by Crippen LogP contribution is -2.29. The van der Waals surface area contributed by atoms with Crippen LogP contribution in [0.1, 0.15) is 23.7 Å². The molecule has 0 aliphatic heterocycles. The van der Waals surface area contributed by atoms with Crippen LogP contribution in [0.2, 0.25) is 5.02 Å². The first kappa shape index (κ1) is 16.1. The van der Waals surface area contributed by atoms with Gasteiger partial charge >= 0.3 is 0 Å². The largest absolute Gasteiger partial charge is 0.370 e. The van der Waals surface area contributed by atoms with Crippen LogP contribution in [0, 0.1) is 0 Å². The van der Waals surface area contributed by atoms with E-state index in [1.54, 1.807) is 29.8 Å². The predicted octanol–water partition coefficient (Wildman–Crippen LogP) is 2.99. The summed E-state index contributed by atoms with van der Waals surface area (Å²) in [5, 5.41) is 3.55. The molecule has 0 aromatic carbocycles. The lowest BCUT2D eigenvalue weighted by Gasteiger charge is -2.17. The number of carbonyl (C=O) groups excluding carboxylic acids is 1. The third kappa shape index (κ3) is 4.91. The molecule has 1 rings (SSSR count). The number of nitrogens with zero attached hydrogens (tertiary/aromatic N) is 2. The third-order valence-electron chi connectivity index (χ3n) is 2.62. The Bertz CT molecular complexity index is 428. The molecule has 0 unspecified atom stereocenters. The van der Waals surface area contributed by atoms with E-state index in [0.29, 0.717) is 22.9 Å². The Morgan fingerprint density at radius 1 is 1.58 bits per heavy atom. The number of hydrogen-bond acceptors (Lipinski definition) is 4. The molecular weight excluding hydrogens is 282 g/mol. The smallest absolute Gasteiger partial charge is 0.255 e. The van der Waals surface area contributed by atoms with Crippen molar-refractivity contribution in [1.29, 1.82) is 0 Å². The van der Waals surface area contributed by atoms with Crippen LogP contribution < -0.4 is 5.32 Å². The number of carbonyl (C=O) groups is 1. The molecule has 0 saturated heterocycles. The highest BCUT2D eigenvalue weighted by atomic mass is 35.5. The van der Waals surface area contributed by atoms with Crippen LogP contribution in [0.4, 0.5) is 5.82 Å². The maximum absolute atomic E-state index is 12.3. The van der Waals surface area contributed by atoms with Crippen LogP contribution >= 0.6 is 23.4 Å². The van der Waals surface area contributed by atoms with Crippen molar-refractivity contribution in [2.75, 3.05) is 37.5 Å². The van der Waals surface area contributed by atoms with Crippen LogP contribution in [-0.2, 0) is 0 Å². The second-order valence-electron chi connectivity index (χ2n) is 4.20. The summed E-state index contributed by atoms with van der Waals surface area (Å²) in [4.78, 5) is 18.1. The van der Waals surface area contributed by atoms with Crippen molar-refractivity contribution in [3.8, 4) is 0 Å². The molecule has 1 amide bonds. The molecule has 1 aromatic rings. The Labute approximate surface area is 123 Å². The van der Waals surface area contributed by atoms with Gasteiger partial charge in [-0.15, -0.1) is 0 Å². The fourth-order valence-corrected chi connectivity index (χ4v) is 2.13. The Balaban J connectivity index is 2.82. The molecular formula is C13H20ClN3OS. The minimum Gasteiger partial charge on any atom is -0.370 e. The van der Waals surface area contributed by atoms with Crippen molar-refractivity contribution in [1.82, 2.24) is 9.88 Å². The Kier molecular flexibility index (Phi) is 7.02. The summed E-state index contributed by atoms with van der Waals surface area (Å²) >= 11 is 7.77. The second kappa shape index (κ2) is 8.27. The number of hydrogen-bond donors (Lipinski definition) is 1. The van der Waals surface area contributed by atoms with Crippen LogP contribution in [0.5, 0.6) is 0 Å². The van der Waals surface area contributed by atoms with Gasteiger partial charge in [-0.1, -0.05) is 18.5 Å². The first-order chi connectivity index (χ1) is 9.10. The maximum atomic E-state index is 12.3. The van der Waals surface area contributed by atoms with E-state index in [2.05, 4.69) is 17.2 Å².